The van der Waals surface area contributed by atoms with Gasteiger partial charge in [-0.3, -0.25) is 4.79 Å². The summed E-state index contributed by atoms with van der Waals surface area (Å²) in [4.78, 5) is 14.1. The quantitative estimate of drug-likeness (QED) is 0.434. The third-order valence-electron chi connectivity index (χ3n) is 0.878. The highest BCUT2D eigenvalue weighted by atomic mass is 17.1. The van der Waals surface area contributed by atoms with Crippen LogP contribution in [0.25, 0.3) is 0 Å². The van der Waals surface area contributed by atoms with Gasteiger partial charge in [-0.05, 0) is 0 Å². The monoisotopic (exact) mass is 144 g/mol. The molecular formula is C5H4O5. The molecule has 2 N–H and O–H groups in total. The summed E-state index contributed by atoms with van der Waals surface area (Å²) in [5.74, 6) is -0.886. The maximum Gasteiger partial charge on any atom is 0.325 e. The number of hydrogen-bond acceptors (Lipinski definition) is 5. The summed E-state index contributed by atoms with van der Waals surface area (Å²) in [5.41, 5.74) is -0.671. The molecule has 0 aliphatic carbocycles. The summed E-state index contributed by atoms with van der Waals surface area (Å²) in [5, 5.41) is 16.5. The maximum atomic E-state index is 10.5. The normalized spacial score (nSPS) is 9.30. The van der Waals surface area contributed by atoms with Gasteiger partial charge < -0.3 is 14.4 Å². The standard InChI is InChI=1S/C5H4O5/c6-3-1-5(10-8)9-2-4(3)7/h1-2,7-8H. The van der Waals surface area contributed by atoms with Crippen molar-refractivity contribution in [3.8, 4) is 11.7 Å². The highest BCUT2D eigenvalue weighted by Gasteiger charge is 2.00. The van der Waals surface area contributed by atoms with E-state index in [-0.39, 0.29) is 5.95 Å². The third-order valence-corrected chi connectivity index (χ3v) is 0.878. The average Bonchev–Trinajstić information content (AvgIpc) is 1.95. The molecule has 0 aliphatic rings. The smallest absolute Gasteiger partial charge is 0.325 e. The van der Waals surface area contributed by atoms with E-state index in [0.29, 0.717) is 0 Å². The van der Waals surface area contributed by atoms with Crippen LogP contribution in [0.1, 0.15) is 0 Å². The topological polar surface area (TPSA) is 79.9 Å². The van der Waals surface area contributed by atoms with Crippen molar-refractivity contribution in [1.29, 1.82) is 0 Å². The largest absolute Gasteiger partial charge is 0.502 e. The molecule has 1 rings (SSSR count). The predicted molar refractivity (Wildman–Crippen MR) is 29.9 cm³/mol. The zero-order valence-corrected chi connectivity index (χ0v) is 4.77. The van der Waals surface area contributed by atoms with Crippen LogP contribution in [-0.2, 0) is 0 Å². The Hall–Kier alpha value is -1.49. The highest BCUT2D eigenvalue weighted by Crippen LogP contribution is 2.08. The minimum Gasteiger partial charge on any atom is -0.502 e. The van der Waals surface area contributed by atoms with E-state index in [1.54, 1.807) is 0 Å². The minimum absolute atomic E-state index is 0.359. The Morgan fingerprint density at radius 3 is 2.80 bits per heavy atom. The van der Waals surface area contributed by atoms with Crippen LogP contribution in [0.3, 0.4) is 0 Å². The summed E-state index contributed by atoms with van der Waals surface area (Å²) in [7, 11) is 0. The Morgan fingerprint density at radius 2 is 2.30 bits per heavy atom. The van der Waals surface area contributed by atoms with E-state index in [1.807, 2.05) is 0 Å². The molecule has 1 aromatic rings. The van der Waals surface area contributed by atoms with E-state index < -0.39 is 11.2 Å². The summed E-state index contributed by atoms with van der Waals surface area (Å²) < 4.78 is 4.37. The van der Waals surface area contributed by atoms with Crippen LogP contribution in [0.4, 0.5) is 0 Å². The van der Waals surface area contributed by atoms with Gasteiger partial charge in [-0.2, -0.15) is 5.26 Å². The second-order valence-electron chi connectivity index (χ2n) is 1.54. The molecule has 0 radical (unpaired) electrons. The Balaban J connectivity index is 3.17. The average molecular weight is 144 g/mol. The molecule has 0 spiro atoms. The van der Waals surface area contributed by atoms with Gasteiger partial charge in [-0.25, -0.2) is 0 Å². The zero-order chi connectivity index (χ0) is 7.56. The maximum absolute atomic E-state index is 10.5. The van der Waals surface area contributed by atoms with E-state index in [2.05, 4.69) is 9.30 Å². The fraction of sp³-hybridized carbons (Fsp3) is 0. The van der Waals surface area contributed by atoms with Gasteiger partial charge in [0.05, 0.1) is 6.07 Å². The molecule has 0 unspecified atom stereocenters. The van der Waals surface area contributed by atoms with Gasteiger partial charge in [0.15, 0.2) is 5.75 Å². The first kappa shape index (κ1) is 6.63. The fourth-order valence-corrected chi connectivity index (χ4v) is 0.435. The molecule has 10 heavy (non-hydrogen) atoms. The van der Waals surface area contributed by atoms with Crippen LogP contribution in [0, 0.1) is 0 Å². The van der Waals surface area contributed by atoms with Crippen LogP contribution < -0.4 is 10.3 Å². The van der Waals surface area contributed by atoms with Crippen molar-refractivity contribution < 1.29 is 19.7 Å². The van der Waals surface area contributed by atoms with Crippen LogP contribution >= 0.6 is 0 Å². The summed E-state index contributed by atoms with van der Waals surface area (Å²) in [6.45, 7) is 0. The molecular weight excluding hydrogens is 140 g/mol. The van der Waals surface area contributed by atoms with Crippen molar-refractivity contribution in [2.45, 2.75) is 0 Å². The molecule has 0 atom stereocenters. The predicted octanol–water partition coefficient (Wildman–Crippen LogP) is 0.197. The van der Waals surface area contributed by atoms with Crippen LogP contribution in [0.5, 0.6) is 11.7 Å². The van der Waals surface area contributed by atoms with E-state index in [0.717, 1.165) is 12.3 Å². The lowest BCUT2D eigenvalue weighted by Crippen LogP contribution is -1.98. The van der Waals surface area contributed by atoms with Gasteiger partial charge in [0, 0.05) is 0 Å². The first-order valence-electron chi connectivity index (χ1n) is 2.37. The van der Waals surface area contributed by atoms with Crippen molar-refractivity contribution in [3.63, 3.8) is 0 Å². The van der Waals surface area contributed by atoms with Crippen molar-refractivity contribution >= 4 is 0 Å². The molecule has 0 aromatic carbocycles. The summed E-state index contributed by atoms with van der Waals surface area (Å²) in [6.07, 6.45) is 0.772. The van der Waals surface area contributed by atoms with Gasteiger partial charge in [0.1, 0.15) is 6.26 Å². The SMILES string of the molecule is O=c1cc(OO)occ1O. The van der Waals surface area contributed by atoms with Crippen molar-refractivity contribution in [1.82, 2.24) is 0 Å². The number of aromatic hydroxyl groups is 1. The molecule has 54 valence electrons. The van der Waals surface area contributed by atoms with Crippen molar-refractivity contribution in [2.75, 3.05) is 0 Å². The van der Waals surface area contributed by atoms with E-state index in [9.17, 15) is 4.79 Å². The Morgan fingerprint density at radius 1 is 1.60 bits per heavy atom. The molecule has 0 bridgehead atoms. The number of rotatable bonds is 1. The lowest BCUT2D eigenvalue weighted by Gasteiger charge is -1.92. The Kier molecular flexibility index (Phi) is 1.59. The second kappa shape index (κ2) is 2.40. The zero-order valence-electron chi connectivity index (χ0n) is 4.77. The van der Waals surface area contributed by atoms with Crippen LogP contribution in [0.2, 0.25) is 0 Å². The van der Waals surface area contributed by atoms with Crippen molar-refractivity contribution in [2.24, 2.45) is 0 Å². The van der Waals surface area contributed by atoms with Crippen molar-refractivity contribution in [3.05, 3.63) is 22.6 Å². The lowest BCUT2D eigenvalue weighted by atomic mass is 10.5. The third kappa shape index (κ3) is 1.08. The van der Waals surface area contributed by atoms with E-state index in [4.69, 9.17) is 10.4 Å². The molecule has 1 aromatic heterocycles. The molecule has 0 amide bonds. The van der Waals surface area contributed by atoms with Gasteiger partial charge in [-0.15, -0.1) is 0 Å². The molecule has 5 nitrogen and oxygen atoms in total. The summed E-state index contributed by atoms with van der Waals surface area (Å²) >= 11 is 0. The molecule has 0 aliphatic heterocycles. The minimum atomic E-state index is -0.671. The van der Waals surface area contributed by atoms with Gasteiger partial charge in [-0.1, -0.05) is 0 Å². The first-order chi connectivity index (χ1) is 4.74. The molecule has 5 heteroatoms. The van der Waals surface area contributed by atoms with Crippen LogP contribution in [-0.4, -0.2) is 10.4 Å². The lowest BCUT2D eigenvalue weighted by molar-refractivity contribution is -0.156. The molecule has 1 heterocycles. The molecule has 0 saturated carbocycles. The van der Waals surface area contributed by atoms with Gasteiger partial charge in [0.2, 0.25) is 5.43 Å². The fourth-order valence-electron chi connectivity index (χ4n) is 0.435. The summed E-state index contributed by atoms with van der Waals surface area (Å²) in [6, 6.07) is 0.815. The highest BCUT2D eigenvalue weighted by molar-refractivity contribution is 5.17. The van der Waals surface area contributed by atoms with Gasteiger partial charge >= 0.3 is 5.95 Å². The Labute approximate surface area is 55.0 Å². The molecule has 0 saturated heterocycles. The van der Waals surface area contributed by atoms with E-state index in [1.165, 1.54) is 0 Å². The Bertz CT molecular complexity index is 276. The second-order valence-corrected chi connectivity index (χ2v) is 1.54. The van der Waals surface area contributed by atoms with Crippen LogP contribution in [0.15, 0.2) is 21.5 Å². The van der Waals surface area contributed by atoms with Gasteiger partial charge in [0.25, 0.3) is 0 Å². The first-order valence-corrected chi connectivity index (χ1v) is 2.37. The molecule has 0 fully saturated rings. The number of hydrogen-bond donors (Lipinski definition) is 2. The van der Waals surface area contributed by atoms with E-state index >= 15 is 0 Å².